The van der Waals surface area contributed by atoms with Gasteiger partial charge in [-0.2, -0.15) is 0 Å². The van der Waals surface area contributed by atoms with E-state index in [1.807, 2.05) is 0 Å². The van der Waals surface area contributed by atoms with Gasteiger partial charge in [-0.25, -0.2) is 0 Å². The fraction of sp³-hybridized carbons (Fsp3) is 0.263. The highest BCUT2D eigenvalue weighted by Crippen LogP contribution is 2.15. The van der Waals surface area contributed by atoms with Crippen LogP contribution in [-0.4, -0.2) is 23.3 Å². The fourth-order valence-electron chi connectivity index (χ4n) is 2.16. The van der Waals surface area contributed by atoms with E-state index in [0.717, 1.165) is 12.5 Å². The van der Waals surface area contributed by atoms with E-state index in [1.54, 1.807) is 24.3 Å². The molecule has 0 aromatic heterocycles. The summed E-state index contributed by atoms with van der Waals surface area (Å²) in [5, 5.41) is 10.8. The molecule has 0 bridgehead atoms. The van der Waals surface area contributed by atoms with Gasteiger partial charge in [0.15, 0.2) is 0 Å². The third kappa shape index (κ3) is 6.10. The van der Waals surface area contributed by atoms with Crippen LogP contribution in [0.5, 0.6) is 5.75 Å². The second-order valence-corrected chi connectivity index (χ2v) is 6.27. The van der Waals surface area contributed by atoms with Gasteiger partial charge in [-0.1, -0.05) is 26.0 Å². The minimum Gasteiger partial charge on any atom is -0.494 e. The zero-order chi connectivity index (χ0) is 19.8. The second kappa shape index (κ2) is 9.33. The molecule has 0 spiro atoms. The predicted octanol–water partition coefficient (Wildman–Crippen LogP) is 3.09. The van der Waals surface area contributed by atoms with Gasteiger partial charge in [0.1, 0.15) is 5.75 Å². The van der Waals surface area contributed by atoms with Crippen molar-refractivity contribution in [2.24, 2.45) is 5.92 Å². The Hall–Kier alpha value is -3.42. The molecule has 0 saturated carbocycles. The van der Waals surface area contributed by atoms with E-state index in [-0.39, 0.29) is 11.3 Å². The van der Waals surface area contributed by atoms with Crippen molar-refractivity contribution < 1.29 is 19.2 Å². The first-order chi connectivity index (χ1) is 12.9. The first-order valence-corrected chi connectivity index (χ1v) is 8.45. The van der Waals surface area contributed by atoms with Crippen molar-refractivity contribution in [2.75, 3.05) is 6.61 Å². The number of nitro groups is 1. The minimum atomic E-state index is -0.656. The number of nitro benzene ring substituents is 1. The lowest BCUT2D eigenvalue weighted by Gasteiger charge is -2.10. The number of benzene rings is 2. The molecule has 8 nitrogen and oxygen atoms in total. The van der Waals surface area contributed by atoms with E-state index >= 15 is 0 Å². The molecular formula is C19H21N3O5. The summed E-state index contributed by atoms with van der Waals surface area (Å²) in [7, 11) is 0. The van der Waals surface area contributed by atoms with Crippen LogP contribution >= 0.6 is 0 Å². The van der Waals surface area contributed by atoms with Gasteiger partial charge in [-0.15, -0.1) is 0 Å². The topological polar surface area (TPSA) is 111 Å². The Bertz CT molecular complexity index is 836. The van der Waals surface area contributed by atoms with E-state index in [2.05, 4.69) is 24.7 Å². The Kier molecular flexibility index (Phi) is 6.87. The molecule has 27 heavy (non-hydrogen) atoms. The molecule has 142 valence electrons. The number of rotatable bonds is 7. The molecule has 0 saturated heterocycles. The van der Waals surface area contributed by atoms with Gasteiger partial charge < -0.3 is 4.74 Å². The third-order valence-electron chi connectivity index (χ3n) is 3.67. The second-order valence-electron chi connectivity index (χ2n) is 6.27. The van der Waals surface area contributed by atoms with Gasteiger partial charge in [0.2, 0.25) is 0 Å². The summed E-state index contributed by atoms with van der Waals surface area (Å²) in [5.74, 6) is -0.103. The van der Waals surface area contributed by atoms with Gasteiger partial charge >= 0.3 is 0 Å². The number of ether oxygens (including phenoxy) is 1. The third-order valence-corrected chi connectivity index (χ3v) is 3.67. The Labute approximate surface area is 156 Å². The van der Waals surface area contributed by atoms with Crippen LogP contribution in [0.1, 0.15) is 41.0 Å². The molecule has 8 heteroatoms. The Morgan fingerprint density at radius 1 is 1.04 bits per heavy atom. The normalized spacial score (nSPS) is 10.3. The van der Waals surface area contributed by atoms with Crippen LogP contribution in [0.4, 0.5) is 5.69 Å². The van der Waals surface area contributed by atoms with Crippen LogP contribution in [-0.2, 0) is 0 Å². The van der Waals surface area contributed by atoms with Gasteiger partial charge in [0, 0.05) is 23.3 Å². The highest BCUT2D eigenvalue weighted by Gasteiger charge is 2.13. The molecule has 2 amide bonds. The highest BCUT2D eigenvalue weighted by molar-refractivity contribution is 5.99. The summed E-state index contributed by atoms with van der Waals surface area (Å²) < 4.78 is 5.61. The lowest BCUT2D eigenvalue weighted by molar-refractivity contribution is -0.384. The van der Waals surface area contributed by atoms with Crippen LogP contribution in [0, 0.1) is 16.0 Å². The average molecular weight is 371 g/mol. The van der Waals surface area contributed by atoms with Crippen LogP contribution in [0.2, 0.25) is 0 Å². The van der Waals surface area contributed by atoms with Crippen molar-refractivity contribution in [1.82, 2.24) is 10.9 Å². The number of hydrogen-bond donors (Lipinski definition) is 2. The summed E-state index contributed by atoms with van der Waals surface area (Å²) in [4.78, 5) is 34.4. The number of nitrogens with one attached hydrogen (secondary N) is 2. The lowest BCUT2D eigenvalue weighted by atomic mass is 10.1. The fourth-order valence-corrected chi connectivity index (χ4v) is 2.16. The number of hydrazine groups is 1. The molecule has 2 N–H and O–H groups in total. The Morgan fingerprint density at radius 2 is 1.63 bits per heavy atom. The number of nitrogens with zero attached hydrogens (tertiary/aromatic N) is 1. The molecule has 0 fully saturated rings. The summed E-state index contributed by atoms with van der Waals surface area (Å²) in [5.41, 5.74) is 4.70. The van der Waals surface area contributed by atoms with Crippen molar-refractivity contribution in [3.8, 4) is 5.75 Å². The molecule has 2 aromatic carbocycles. The number of hydrogen-bond acceptors (Lipinski definition) is 5. The zero-order valence-electron chi connectivity index (χ0n) is 15.1. The first kappa shape index (κ1) is 19.9. The smallest absolute Gasteiger partial charge is 0.270 e. The Balaban J connectivity index is 1.94. The van der Waals surface area contributed by atoms with E-state index in [9.17, 15) is 19.7 Å². The molecular weight excluding hydrogens is 350 g/mol. The van der Waals surface area contributed by atoms with Crippen LogP contribution in [0.15, 0.2) is 48.5 Å². The first-order valence-electron chi connectivity index (χ1n) is 8.45. The largest absolute Gasteiger partial charge is 0.494 e. The molecule has 2 rings (SSSR count). The molecule has 0 heterocycles. The molecule has 0 aliphatic heterocycles. The molecule has 2 aromatic rings. The maximum atomic E-state index is 12.2. The van der Waals surface area contributed by atoms with Crippen LogP contribution in [0.3, 0.4) is 0 Å². The molecule has 0 unspecified atom stereocenters. The number of amides is 2. The molecule has 0 aliphatic rings. The van der Waals surface area contributed by atoms with E-state index < -0.39 is 16.7 Å². The van der Waals surface area contributed by atoms with E-state index in [4.69, 9.17) is 4.74 Å². The van der Waals surface area contributed by atoms with Gasteiger partial charge in [-0.05, 0) is 36.6 Å². The van der Waals surface area contributed by atoms with Crippen molar-refractivity contribution in [1.29, 1.82) is 0 Å². The van der Waals surface area contributed by atoms with E-state index in [0.29, 0.717) is 23.8 Å². The highest BCUT2D eigenvalue weighted by atomic mass is 16.6. The molecule has 0 aliphatic carbocycles. The standard InChI is InChI=1S/C19H21N3O5/c1-13(2)9-10-27-17-8-4-6-15(12-17)19(24)21-20-18(23)14-5-3-7-16(11-14)22(25)26/h3-8,11-13H,9-10H2,1-2H3,(H,20,23)(H,21,24). The van der Waals surface area contributed by atoms with Gasteiger partial charge in [0.05, 0.1) is 11.5 Å². The molecule has 0 atom stereocenters. The summed E-state index contributed by atoms with van der Waals surface area (Å²) in [6, 6.07) is 11.8. The van der Waals surface area contributed by atoms with E-state index in [1.165, 1.54) is 18.2 Å². The SMILES string of the molecule is CC(C)CCOc1cccc(C(=O)NNC(=O)c2cccc([N+](=O)[O-])c2)c1. The van der Waals surface area contributed by atoms with Gasteiger partial charge in [-0.3, -0.25) is 30.6 Å². The van der Waals surface area contributed by atoms with Crippen molar-refractivity contribution >= 4 is 17.5 Å². The number of carbonyl (C=O) groups is 2. The predicted molar refractivity (Wildman–Crippen MR) is 99.4 cm³/mol. The molecule has 0 radical (unpaired) electrons. The number of carbonyl (C=O) groups excluding carboxylic acids is 2. The maximum absolute atomic E-state index is 12.2. The minimum absolute atomic E-state index is 0.0651. The van der Waals surface area contributed by atoms with Crippen molar-refractivity contribution in [2.45, 2.75) is 20.3 Å². The van der Waals surface area contributed by atoms with Crippen molar-refractivity contribution in [3.05, 3.63) is 69.8 Å². The van der Waals surface area contributed by atoms with Gasteiger partial charge in [0.25, 0.3) is 17.5 Å². The maximum Gasteiger partial charge on any atom is 0.270 e. The summed E-state index contributed by atoms with van der Waals surface area (Å²) in [6.45, 7) is 4.74. The zero-order valence-corrected chi connectivity index (χ0v) is 15.1. The summed E-state index contributed by atoms with van der Waals surface area (Å²) in [6.07, 6.45) is 0.899. The summed E-state index contributed by atoms with van der Waals surface area (Å²) >= 11 is 0. The van der Waals surface area contributed by atoms with Crippen molar-refractivity contribution in [3.63, 3.8) is 0 Å². The quantitative estimate of drug-likeness (QED) is 0.574. The Morgan fingerprint density at radius 3 is 2.22 bits per heavy atom. The average Bonchev–Trinajstić information content (AvgIpc) is 2.65. The van der Waals surface area contributed by atoms with Crippen LogP contribution in [0.25, 0.3) is 0 Å². The monoisotopic (exact) mass is 371 g/mol. The van der Waals surface area contributed by atoms with Crippen LogP contribution < -0.4 is 15.6 Å². The lowest BCUT2D eigenvalue weighted by Crippen LogP contribution is -2.41. The number of non-ortho nitro benzene ring substituents is 1.